The van der Waals surface area contributed by atoms with Crippen LogP contribution in [0.4, 0.5) is 5.69 Å². The normalized spacial score (nSPS) is 27.8. The summed E-state index contributed by atoms with van der Waals surface area (Å²) in [6.07, 6.45) is 16.7. The van der Waals surface area contributed by atoms with Gasteiger partial charge in [-0.1, -0.05) is 6.07 Å². The highest BCUT2D eigenvalue weighted by molar-refractivity contribution is 6.02. The van der Waals surface area contributed by atoms with Gasteiger partial charge in [0.15, 0.2) is 0 Å². The van der Waals surface area contributed by atoms with Crippen molar-refractivity contribution in [2.45, 2.75) is 64.5 Å². The zero-order valence-electron chi connectivity index (χ0n) is 19.1. The summed E-state index contributed by atoms with van der Waals surface area (Å²) in [4.78, 5) is 30.3. The number of nitrogens with one attached hydrogen (secondary N) is 1. The van der Waals surface area contributed by atoms with Crippen LogP contribution in [0.25, 0.3) is 10.8 Å². The van der Waals surface area contributed by atoms with Gasteiger partial charge >= 0.3 is 0 Å². The summed E-state index contributed by atoms with van der Waals surface area (Å²) in [6.45, 7) is 1.47. The van der Waals surface area contributed by atoms with Crippen LogP contribution in [0.1, 0.15) is 51.4 Å². The first kappa shape index (κ1) is 20.7. The van der Waals surface area contributed by atoms with Gasteiger partial charge in [-0.05, 0) is 86.3 Å². The second kappa shape index (κ2) is 8.15. The van der Waals surface area contributed by atoms with Crippen LogP contribution in [0, 0.1) is 23.2 Å². The average molecular weight is 445 g/mol. The van der Waals surface area contributed by atoms with E-state index >= 15 is 0 Å². The maximum atomic E-state index is 13.1. The Hall–Kier alpha value is -2.89. The van der Waals surface area contributed by atoms with Crippen molar-refractivity contribution in [1.29, 1.82) is 0 Å². The first-order valence-electron chi connectivity index (χ1n) is 12.4. The molecule has 6 heteroatoms. The minimum absolute atomic E-state index is 0.00434. The Bertz CT molecular complexity index is 1190. The molecule has 0 radical (unpaired) electrons. The van der Waals surface area contributed by atoms with Crippen molar-refractivity contribution in [3.63, 3.8) is 0 Å². The molecule has 1 amide bonds. The van der Waals surface area contributed by atoms with Crippen molar-refractivity contribution >= 4 is 22.4 Å². The maximum absolute atomic E-state index is 13.1. The fourth-order valence-electron chi connectivity index (χ4n) is 7.49. The Balaban J connectivity index is 1.17. The first-order chi connectivity index (χ1) is 16.1. The lowest BCUT2D eigenvalue weighted by Crippen LogP contribution is -2.47. The van der Waals surface area contributed by atoms with Crippen LogP contribution in [-0.4, -0.2) is 20.0 Å². The molecule has 6 nitrogen and oxygen atoms in total. The number of amides is 1. The Morgan fingerprint density at radius 1 is 1.00 bits per heavy atom. The molecule has 2 heterocycles. The summed E-state index contributed by atoms with van der Waals surface area (Å²) in [5, 5.41) is 4.66. The lowest BCUT2D eigenvalue weighted by Gasteiger charge is -2.56. The van der Waals surface area contributed by atoms with Crippen LogP contribution in [-0.2, 0) is 17.9 Å². The predicted molar refractivity (Wildman–Crippen MR) is 129 cm³/mol. The van der Waals surface area contributed by atoms with E-state index in [0.717, 1.165) is 41.8 Å². The van der Waals surface area contributed by atoms with E-state index in [2.05, 4.69) is 10.3 Å². The van der Waals surface area contributed by atoms with Crippen LogP contribution in [0.3, 0.4) is 0 Å². The van der Waals surface area contributed by atoms with Crippen molar-refractivity contribution in [2.24, 2.45) is 23.2 Å². The lowest BCUT2D eigenvalue weighted by atomic mass is 9.49. The highest BCUT2D eigenvalue weighted by atomic mass is 16.1. The predicted octanol–water partition coefficient (Wildman–Crippen LogP) is 4.83. The van der Waals surface area contributed by atoms with Crippen LogP contribution in [0.15, 0.2) is 54.0 Å². The molecule has 0 spiro atoms. The zero-order valence-corrected chi connectivity index (χ0v) is 19.1. The summed E-state index contributed by atoms with van der Waals surface area (Å²) >= 11 is 0. The number of benzene rings is 1. The Labute approximate surface area is 194 Å². The van der Waals surface area contributed by atoms with E-state index in [-0.39, 0.29) is 16.9 Å². The summed E-state index contributed by atoms with van der Waals surface area (Å²) in [6, 6.07) is 7.62. The van der Waals surface area contributed by atoms with E-state index in [9.17, 15) is 9.59 Å². The number of hydrogen-bond acceptors (Lipinski definition) is 3. The molecule has 0 atom stereocenters. The van der Waals surface area contributed by atoms with Gasteiger partial charge in [-0.2, -0.15) is 0 Å². The number of aromatic nitrogens is 3. The molecule has 4 saturated carbocycles. The number of carbonyl (C=O) groups is 1. The van der Waals surface area contributed by atoms with E-state index in [1.54, 1.807) is 17.1 Å². The third-order valence-electron chi connectivity index (χ3n) is 8.37. The zero-order chi connectivity index (χ0) is 22.4. The van der Waals surface area contributed by atoms with E-state index in [1.165, 1.54) is 38.5 Å². The second-order valence-electron chi connectivity index (χ2n) is 10.9. The van der Waals surface area contributed by atoms with Crippen LogP contribution in [0.2, 0.25) is 0 Å². The molecule has 172 valence electrons. The summed E-state index contributed by atoms with van der Waals surface area (Å²) < 4.78 is 3.78. The smallest absolute Gasteiger partial charge is 0.258 e. The van der Waals surface area contributed by atoms with Gasteiger partial charge in [0.25, 0.3) is 5.56 Å². The number of rotatable bonds is 7. The monoisotopic (exact) mass is 444 g/mol. The molecule has 4 fully saturated rings. The Kier molecular flexibility index (Phi) is 5.11. The Morgan fingerprint density at radius 2 is 1.76 bits per heavy atom. The molecule has 4 bridgehead atoms. The summed E-state index contributed by atoms with van der Waals surface area (Å²) in [5.74, 6) is 2.63. The molecular weight excluding hydrogens is 412 g/mol. The van der Waals surface area contributed by atoms with Crippen LogP contribution >= 0.6 is 0 Å². The van der Waals surface area contributed by atoms with Gasteiger partial charge in [0, 0.05) is 54.6 Å². The number of nitrogens with zero attached hydrogens (tertiary/aromatic N) is 3. The quantitative estimate of drug-likeness (QED) is 0.567. The van der Waals surface area contributed by atoms with Gasteiger partial charge in [0.1, 0.15) is 0 Å². The van der Waals surface area contributed by atoms with Gasteiger partial charge in [-0.25, -0.2) is 4.98 Å². The Morgan fingerprint density at radius 3 is 2.45 bits per heavy atom. The average Bonchev–Trinajstić information content (AvgIpc) is 3.28. The topological polar surface area (TPSA) is 68.9 Å². The van der Waals surface area contributed by atoms with Crippen LogP contribution in [0.5, 0.6) is 0 Å². The third kappa shape index (κ3) is 4.00. The van der Waals surface area contributed by atoms with Crippen molar-refractivity contribution in [2.75, 3.05) is 5.32 Å². The first-order valence-corrected chi connectivity index (χ1v) is 12.4. The molecule has 4 aliphatic rings. The van der Waals surface area contributed by atoms with Gasteiger partial charge in [0.05, 0.1) is 6.33 Å². The number of carbonyl (C=O) groups excluding carboxylic acids is 1. The molecule has 0 saturated heterocycles. The molecule has 33 heavy (non-hydrogen) atoms. The minimum Gasteiger partial charge on any atom is -0.337 e. The highest BCUT2D eigenvalue weighted by Crippen LogP contribution is 2.61. The standard InChI is InChI=1S/C27H32N4O2/c32-25(17-27-14-19-11-20(15-27)13-21(12-19)16-27)29-24-4-1-3-23-22(24)5-9-31(26(23)33)8-2-7-30-10-6-28-18-30/h1,3-6,9-10,18-21H,2,7-8,11-17H2,(H,29,32). The van der Waals surface area contributed by atoms with Gasteiger partial charge < -0.3 is 14.5 Å². The van der Waals surface area contributed by atoms with Gasteiger partial charge in [0.2, 0.25) is 5.91 Å². The largest absolute Gasteiger partial charge is 0.337 e. The highest BCUT2D eigenvalue weighted by Gasteiger charge is 2.51. The molecule has 3 aromatic rings. The second-order valence-corrected chi connectivity index (χ2v) is 10.9. The van der Waals surface area contributed by atoms with Crippen molar-refractivity contribution in [3.05, 3.63) is 59.5 Å². The van der Waals surface area contributed by atoms with E-state index < -0.39 is 0 Å². The maximum Gasteiger partial charge on any atom is 0.258 e. The summed E-state index contributed by atoms with van der Waals surface area (Å²) in [5.41, 5.74) is 0.964. The summed E-state index contributed by atoms with van der Waals surface area (Å²) in [7, 11) is 0. The van der Waals surface area contributed by atoms with Gasteiger partial charge in [-0.3, -0.25) is 9.59 Å². The molecule has 2 aromatic heterocycles. The van der Waals surface area contributed by atoms with Crippen molar-refractivity contribution in [1.82, 2.24) is 14.1 Å². The molecule has 0 unspecified atom stereocenters. The molecule has 1 aromatic carbocycles. The van der Waals surface area contributed by atoms with E-state index in [1.807, 2.05) is 41.2 Å². The minimum atomic E-state index is -0.00434. The van der Waals surface area contributed by atoms with E-state index in [0.29, 0.717) is 18.4 Å². The lowest BCUT2D eigenvalue weighted by molar-refractivity contribution is -0.124. The van der Waals surface area contributed by atoms with Crippen LogP contribution < -0.4 is 10.9 Å². The van der Waals surface area contributed by atoms with Crippen molar-refractivity contribution < 1.29 is 4.79 Å². The number of hydrogen-bond donors (Lipinski definition) is 1. The fraction of sp³-hybridized carbons (Fsp3) is 0.519. The van der Waals surface area contributed by atoms with Gasteiger partial charge in [-0.15, -0.1) is 0 Å². The molecule has 1 N–H and O–H groups in total. The molecule has 0 aliphatic heterocycles. The number of imidazole rings is 1. The SMILES string of the molecule is O=C(CC12CC3CC(CC(C3)C1)C2)Nc1cccc2c(=O)n(CCCn3ccnc3)ccc12. The number of fused-ring (bicyclic) bond motifs is 1. The molecule has 7 rings (SSSR count). The fourth-order valence-corrected chi connectivity index (χ4v) is 7.49. The number of pyridine rings is 1. The number of aryl methyl sites for hydroxylation is 2. The van der Waals surface area contributed by atoms with Crippen molar-refractivity contribution in [3.8, 4) is 0 Å². The third-order valence-corrected chi connectivity index (χ3v) is 8.37. The van der Waals surface area contributed by atoms with E-state index in [4.69, 9.17) is 0 Å². The molecule has 4 aliphatic carbocycles. The molecular formula is C27H32N4O2. The number of anilines is 1.